The second-order valence-electron chi connectivity index (χ2n) is 9.44. The van der Waals surface area contributed by atoms with Gasteiger partial charge in [-0.15, -0.1) is 0 Å². The van der Waals surface area contributed by atoms with Crippen LogP contribution in [0.3, 0.4) is 0 Å². The van der Waals surface area contributed by atoms with Crippen LogP contribution in [0, 0.1) is 0 Å². The van der Waals surface area contributed by atoms with E-state index in [1.165, 1.54) is 19.3 Å². The molecule has 214 valence electrons. The predicted molar refractivity (Wildman–Crippen MR) is 143 cm³/mol. The number of rotatable bonds is 10. The van der Waals surface area contributed by atoms with Crippen LogP contribution >= 0.6 is 0 Å². The topological polar surface area (TPSA) is 143 Å². The zero-order valence-corrected chi connectivity index (χ0v) is 22.1. The smallest absolute Gasteiger partial charge is 0.329 e. The van der Waals surface area contributed by atoms with Gasteiger partial charge in [0.1, 0.15) is 36.7 Å². The number of furan rings is 1. The molecule has 1 aromatic heterocycles. The maximum absolute atomic E-state index is 13.1. The zero-order chi connectivity index (χ0) is 28.8. The summed E-state index contributed by atoms with van der Waals surface area (Å²) in [7, 11) is 0. The van der Waals surface area contributed by atoms with Crippen LogP contribution in [0.25, 0.3) is 6.08 Å². The van der Waals surface area contributed by atoms with Crippen molar-refractivity contribution in [2.24, 2.45) is 0 Å². The number of carbonyl (C=O) groups is 3. The van der Waals surface area contributed by atoms with Gasteiger partial charge in [-0.2, -0.15) is 0 Å². The van der Waals surface area contributed by atoms with Gasteiger partial charge in [0.05, 0.1) is 18.4 Å². The van der Waals surface area contributed by atoms with Crippen molar-refractivity contribution in [3.63, 3.8) is 0 Å². The molecule has 0 saturated carbocycles. The summed E-state index contributed by atoms with van der Waals surface area (Å²) in [5, 5.41) is 12.1. The number of carboxylic acid groups (broad SMARTS) is 1. The first-order valence-corrected chi connectivity index (χ1v) is 13.0. The van der Waals surface area contributed by atoms with Crippen molar-refractivity contribution in [3.8, 4) is 5.75 Å². The van der Waals surface area contributed by atoms with E-state index in [1.54, 1.807) is 42.5 Å². The number of carbonyl (C=O) groups excluding carboxylic acids is 2. The lowest BCUT2D eigenvalue weighted by Crippen LogP contribution is -2.68. The second kappa shape index (κ2) is 12.9. The monoisotopic (exact) mass is 563 g/mol. The number of fused-ring (bicyclic) bond motifs is 1. The highest BCUT2D eigenvalue weighted by Crippen LogP contribution is 2.36. The van der Waals surface area contributed by atoms with Gasteiger partial charge in [-0.3, -0.25) is 9.59 Å². The number of amides is 1. The van der Waals surface area contributed by atoms with Crippen LogP contribution in [0.5, 0.6) is 5.75 Å². The van der Waals surface area contributed by atoms with E-state index in [0.717, 1.165) is 5.56 Å². The third-order valence-electron chi connectivity index (χ3n) is 6.51. The largest absolute Gasteiger partial charge is 0.480 e. The Morgan fingerprint density at radius 2 is 1.80 bits per heavy atom. The Morgan fingerprint density at radius 1 is 1.02 bits per heavy atom. The van der Waals surface area contributed by atoms with Crippen molar-refractivity contribution in [1.29, 1.82) is 0 Å². The molecule has 2 N–H and O–H groups in total. The fraction of sp³-hybridized carbons (Fsp3) is 0.300. The minimum absolute atomic E-state index is 0.0377. The Morgan fingerprint density at radius 3 is 2.54 bits per heavy atom. The van der Waals surface area contributed by atoms with Gasteiger partial charge in [0, 0.05) is 6.92 Å². The van der Waals surface area contributed by atoms with Crippen molar-refractivity contribution in [3.05, 3.63) is 96.0 Å². The molecule has 0 radical (unpaired) electrons. The summed E-state index contributed by atoms with van der Waals surface area (Å²) >= 11 is 0. The first kappa shape index (κ1) is 28.2. The number of hydrogen-bond donors (Lipinski definition) is 2. The van der Waals surface area contributed by atoms with Crippen LogP contribution in [0.15, 0.2) is 83.5 Å². The van der Waals surface area contributed by atoms with Crippen LogP contribution < -0.4 is 10.1 Å². The molecular weight excluding hydrogens is 534 g/mol. The second-order valence-corrected chi connectivity index (χ2v) is 9.44. The van der Waals surface area contributed by atoms with Gasteiger partial charge >= 0.3 is 5.97 Å². The molecule has 2 saturated heterocycles. The molecule has 0 bridgehead atoms. The zero-order valence-electron chi connectivity index (χ0n) is 22.1. The molecule has 2 aliphatic rings. The number of hydrogen-bond acceptors (Lipinski definition) is 9. The highest BCUT2D eigenvalue weighted by molar-refractivity contribution is 6.08. The fourth-order valence-corrected chi connectivity index (χ4v) is 4.72. The maximum Gasteiger partial charge on any atom is 0.329 e. The molecule has 3 heterocycles. The van der Waals surface area contributed by atoms with Crippen LogP contribution in [0.2, 0.25) is 0 Å². The molecule has 11 nitrogen and oxygen atoms in total. The van der Waals surface area contributed by atoms with E-state index < -0.39 is 55.4 Å². The van der Waals surface area contributed by atoms with Gasteiger partial charge in [-0.05, 0) is 35.9 Å². The van der Waals surface area contributed by atoms with Crippen molar-refractivity contribution >= 4 is 23.7 Å². The van der Waals surface area contributed by atoms with Gasteiger partial charge in [-0.1, -0.05) is 48.5 Å². The summed E-state index contributed by atoms with van der Waals surface area (Å²) in [4.78, 5) is 36.8. The molecule has 1 amide bonds. The summed E-state index contributed by atoms with van der Waals surface area (Å²) in [6.45, 7) is 0.682. The molecule has 0 spiro atoms. The first-order valence-electron chi connectivity index (χ1n) is 13.0. The maximum atomic E-state index is 13.1. The number of para-hydroxylation sites is 1. The number of allylic oxidation sites excluding steroid dienone is 1. The third-order valence-corrected chi connectivity index (χ3v) is 6.51. The van der Waals surface area contributed by atoms with Gasteiger partial charge in [-0.25, -0.2) is 4.79 Å². The van der Waals surface area contributed by atoms with Gasteiger partial charge in [0.2, 0.25) is 18.5 Å². The van der Waals surface area contributed by atoms with Gasteiger partial charge in [0.25, 0.3) is 0 Å². The molecule has 6 unspecified atom stereocenters. The molecule has 0 aliphatic carbocycles. The van der Waals surface area contributed by atoms with E-state index >= 15 is 0 Å². The number of aliphatic carboxylic acids is 1. The summed E-state index contributed by atoms with van der Waals surface area (Å²) in [6, 6.07) is 18.4. The highest BCUT2D eigenvalue weighted by atomic mass is 16.8. The Kier molecular flexibility index (Phi) is 8.90. The van der Waals surface area contributed by atoms with E-state index in [-0.39, 0.29) is 23.7 Å². The molecule has 2 aliphatic heterocycles. The Bertz CT molecular complexity index is 1370. The van der Waals surface area contributed by atoms with E-state index in [4.69, 9.17) is 28.1 Å². The standard InChI is InChI=1S/C30H29NO10/c1-18(32)31-26-28(37-17-25(34)35)27-24(16-38-29(41-27)23-12-7-15-36-23)40-30(26)39-22-11-6-5-10-20(22)21(33)14-13-19-8-3-2-4-9-19/h2-15,24,26-30H,16-17H2,1H3,(H,31,32)(H,34,35)/b14-13+. The van der Waals surface area contributed by atoms with Crippen molar-refractivity contribution in [2.45, 2.75) is 43.9 Å². The van der Waals surface area contributed by atoms with Crippen LogP contribution in [-0.4, -0.2) is 66.6 Å². The number of benzene rings is 2. The minimum atomic E-state index is -1.21. The average Bonchev–Trinajstić information content (AvgIpc) is 3.51. The van der Waals surface area contributed by atoms with E-state index in [0.29, 0.717) is 5.76 Å². The normalized spacial score (nSPS) is 25.8. The molecule has 6 atom stereocenters. The van der Waals surface area contributed by atoms with Crippen LogP contribution in [-0.2, 0) is 28.5 Å². The van der Waals surface area contributed by atoms with E-state index in [2.05, 4.69) is 5.32 Å². The third kappa shape index (κ3) is 6.90. The van der Waals surface area contributed by atoms with Gasteiger partial charge in [0.15, 0.2) is 11.5 Å². The lowest BCUT2D eigenvalue weighted by Gasteiger charge is -2.48. The minimum Gasteiger partial charge on any atom is -0.480 e. The molecule has 3 aromatic rings. The van der Waals surface area contributed by atoms with Crippen molar-refractivity contribution < 1.29 is 47.6 Å². The molecule has 5 rings (SSSR count). The lowest BCUT2D eigenvalue weighted by atomic mass is 9.95. The quantitative estimate of drug-likeness (QED) is 0.278. The Balaban J connectivity index is 1.42. The van der Waals surface area contributed by atoms with Crippen LogP contribution in [0.4, 0.5) is 0 Å². The van der Waals surface area contributed by atoms with E-state index in [1.807, 2.05) is 30.3 Å². The molecule has 2 fully saturated rings. The number of nitrogens with one attached hydrogen (secondary N) is 1. The van der Waals surface area contributed by atoms with Crippen LogP contribution in [0.1, 0.15) is 34.9 Å². The summed E-state index contributed by atoms with van der Waals surface area (Å²) in [5.41, 5.74) is 1.12. The fourth-order valence-electron chi connectivity index (χ4n) is 4.72. The highest BCUT2D eigenvalue weighted by Gasteiger charge is 2.52. The Labute approximate surface area is 235 Å². The summed E-state index contributed by atoms with van der Waals surface area (Å²) in [6.07, 6.45) is -0.0756. The van der Waals surface area contributed by atoms with E-state index in [9.17, 15) is 19.5 Å². The number of ether oxygens (including phenoxy) is 5. The van der Waals surface area contributed by atoms with Gasteiger partial charge < -0.3 is 38.5 Å². The molecular formula is C30H29NO10. The first-order chi connectivity index (χ1) is 19.9. The average molecular weight is 564 g/mol. The van der Waals surface area contributed by atoms with Crippen molar-refractivity contribution in [2.75, 3.05) is 13.2 Å². The summed E-state index contributed by atoms with van der Waals surface area (Å²) < 4.78 is 35.5. The Hall–Kier alpha value is -4.29. The summed E-state index contributed by atoms with van der Waals surface area (Å²) in [5.74, 6) is -1.33. The van der Waals surface area contributed by atoms with Crippen molar-refractivity contribution in [1.82, 2.24) is 5.32 Å². The predicted octanol–water partition coefficient (Wildman–Crippen LogP) is 3.37. The molecule has 2 aromatic carbocycles. The molecule has 41 heavy (non-hydrogen) atoms. The number of ketones is 1. The molecule has 11 heteroatoms. The SMILES string of the molecule is CC(=O)NC1C(Oc2ccccc2C(=O)/C=C/c2ccccc2)OC2COC(c3ccco3)OC2C1OCC(=O)O. The number of carboxylic acids is 1. The lowest BCUT2D eigenvalue weighted by molar-refractivity contribution is -0.340.